The van der Waals surface area contributed by atoms with Gasteiger partial charge in [0.1, 0.15) is 11.9 Å². The van der Waals surface area contributed by atoms with Crippen LogP contribution in [0.2, 0.25) is 0 Å². The minimum atomic E-state index is -0.105. The van der Waals surface area contributed by atoms with Crippen LogP contribution in [-0.2, 0) is 9.53 Å². The van der Waals surface area contributed by atoms with Gasteiger partial charge in [-0.2, -0.15) is 0 Å². The first-order valence-corrected chi connectivity index (χ1v) is 9.38. The average Bonchev–Trinajstić information content (AvgIpc) is 2.66. The lowest BCUT2D eigenvalue weighted by Gasteiger charge is -2.33. The molecule has 0 spiro atoms. The lowest BCUT2D eigenvalue weighted by Crippen LogP contribution is -2.47. The molecule has 1 N–H and O–H groups in total. The summed E-state index contributed by atoms with van der Waals surface area (Å²) in [6.45, 7) is 9.14. The quantitative estimate of drug-likeness (QED) is 0.479. The maximum absolute atomic E-state index is 11.7. The molecular weight excluding hydrogens is 330 g/mol. The van der Waals surface area contributed by atoms with Crippen LogP contribution in [0.3, 0.4) is 0 Å². The van der Waals surface area contributed by atoms with Gasteiger partial charge in [0.25, 0.3) is 0 Å². The molecule has 0 aromatic heterocycles. The Kier molecular flexibility index (Phi) is 7.75. The van der Waals surface area contributed by atoms with Gasteiger partial charge in [0, 0.05) is 19.6 Å². The number of likely N-dealkylation sites (tertiary alicyclic amines) is 1. The third-order valence-electron chi connectivity index (χ3n) is 4.52. The molecule has 1 aliphatic heterocycles. The minimum absolute atomic E-state index is 0.00270. The van der Waals surface area contributed by atoms with Gasteiger partial charge in [0.15, 0.2) is 5.96 Å². The van der Waals surface area contributed by atoms with Crippen molar-refractivity contribution in [2.45, 2.75) is 39.7 Å². The van der Waals surface area contributed by atoms with Crippen molar-refractivity contribution in [3.05, 3.63) is 29.8 Å². The van der Waals surface area contributed by atoms with Crippen LogP contribution >= 0.6 is 0 Å². The van der Waals surface area contributed by atoms with Crippen molar-refractivity contribution in [3.63, 3.8) is 0 Å². The molecule has 1 aromatic carbocycles. The number of nitrogens with zero attached hydrogens (tertiary/aromatic N) is 2. The fourth-order valence-electron chi connectivity index (χ4n) is 3.02. The van der Waals surface area contributed by atoms with Crippen LogP contribution in [0.25, 0.3) is 0 Å². The summed E-state index contributed by atoms with van der Waals surface area (Å²) >= 11 is 0. The van der Waals surface area contributed by atoms with Gasteiger partial charge < -0.3 is 19.7 Å². The summed E-state index contributed by atoms with van der Waals surface area (Å²) in [7, 11) is 1.45. The van der Waals surface area contributed by atoms with Gasteiger partial charge in [-0.25, -0.2) is 4.99 Å². The largest absolute Gasteiger partial charge is 0.489 e. The van der Waals surface area contributed by atoms with Gasteiger partial charge in [-0.05, 0) is 45.7 Å². The van der Waals surface area contributed by atoms with E-state index in [2.05, 4.69) is 24.1 Å². The van der Waals surface area contributed by atoms with E-state index in [9.17, 15) is 4.79 Å². The Hall–Kier alpha value is -2.24. The molecular formula is C20H31N3O3. The monoisotopic (exact) mass is 361 g/mol. The van der Waals surface area contributed by atoms with E-state index < -0.39 is 0 Å². The first-order chi connectivity index (χ1) is 12.5. The number of hydrogen-bond donors (Lipinski definition) is 1. The SMILES string of the molecule is CCNC(=NCC(C)Oc1ccc(C)cc1)N1CCC(C(=O)OC)CC1. The van der Waals surface area contributed by atoms with E-state index in [1.54, 1.807) is 0 Å². The normalized spacial score (nSPS) is 16.9. The number of ether oxygens (including phenoxy) is 2. The van der Waals surface area contributed by atoms with Gasteiger partial charge in [-0.3, -0.25) is 4.79 Å². The number of aryl methyl sites for hydroxylation is 1. The molecule has 0 bridgehead atoms. The van der Waals surface area contributed by atoms with E-state index in [0.717, 1.165) is 44.2 Å². The Morgan fingerprint density at radius 3 is 2.54 bits per heavy atom. The number of guanidine groups is 1. The summed E-state index contributed by atoms with van der Waals surface area (Å²) in [5.74, 6) is 1.65. The summed E-state index contributed by atoms with van der Waals surface area (Å²) in [5.41, 5.74) is 1.22. The van der Waals surface area contributed by atoms with Gasteiger partial charge in [0.2, 0.25) is 0 Å². The Morgan fingerprint density at radius 1 is 1.31 bits per heavy atom. The Balaban J connectivity index is 1.89. The molecule has 1 atom stereocenters. The summed E-state index contributed by atoms with van der Waals surface area (Å²) < 4.78 is 10.8. The van der Waals surface area contributed by atoms with Crippen LogP contribution in [-0.4, -0.2) is 56.2 Å². The fourth-order valence-corrected chi connectivity index (χ4v) is 3.02. The zero-order valence-electron chi connectivity index (χ0n) is 16.3. The number of nitrogens with one attached hydrogen (secondary N) is 1. The van der Waals surface area contributed by atoms with Gasteiger partial charge in [0.05, 0.1) is 19.6 Å². The van der Waals surface area contributed by atoms with Crippen molar-refractivity contribution in [2.24, 2.45) is 10.9 Å². The van der Waals surface area contributed by atoms with Crippen molar-refractivity contribution in [3.8, 4) is 5.75 Å². The number of methoxy groups -OCH3 is 1. The molecule has 1 aromatic rings. The van der Waals surface area contributed by atoms with E-state index in [4.69, 9.17) is 14.5 Å². The molecule has 144 valence electrons. The predicted octanol–water partition coefficient (Wildman–Crippen LogP) is 2.61. The molecule has 6 nitrogen and oxygen atoms in total. The molecule has 0 radical (unpaired) electrons. The van der Waals surface area contributed by atoms with Gasteiger partial charge in [-0.15, -0.1) is 0 Å². The van der Waals surface area contributed by atoms with Crippen molar-refractivity contribution < 1.29 is 14.3 Å². The van der Waals surface area contributed by atoms with Gasteiger partial charge >= 0.3 is 5.97 Å². The highest BCUT2D eigenvalue weighted by atomic mass is 16.5. The van der Waals surface area contributed by atoms with Crippen LogP contribution in [0.15, 0.2) is 29.3 Å². The first-order valence-electron chi connectivity index (χ1n) is 9.38. The molecule has 0 amide bonds. The van der Waals surface area contributed by atoms with Crippen LogP contribution in [0.4, 0.5) is 0 Å². The van der Waals surface area contributed by atoms with Crippen LogP contribution in [0, 0.1) is 12.8 Å². The van der Waals surface area contributed by atoms with Crippen molar-refractivity contribution >= 4 is 11.9 Å². The average molecular weight is 361 g/mol. The van der Waals surface area contributed by atoms with Crippen molar-refractivity contribution in [1.82, 2.24) is 10.2 Å². The topological polar surface area (TPSA) is 63.2 Å². The molecule has 1 fully saturated rings. The number of rotatable bonds is 6. The lowest BCUT2D eigenvalue weighted by atomic mass is 9.97. The third-order valence-corrected chi connectivity index (χ3v) is 4.52. The number of carbonyl (C=O) groups excluding carboxylic acids is 1. The molecule has 1 heterocycles. The first kappa shape index (κ1) is 20.1. The smallest absolute Gasteiger partial charge is 0.308 e. The van der Waals surface area contributed by atoms with Crippen LogP contribution in [0.5, 0.6) is 5.75 Å². The van der Waals surface area contributed by atoms with Crippen LogP contribution in [0.1, 0.15) is 32.3 Å². The Labute approximate surface area is 156 Å². The number of carbonyl (C=O) groups is 1. The number of benzene rings is 1. The highest BCUT2D eigenvalue weighted by Crippen LogP contribution is 2.18. The number of aliphatic imine (C=N–C) groups is 1. The zero-order valence-corrected chi connectivity index (χ0v) is 16.3. The molecule has 2 rings (SSSR count). The fraction of sp³-hybridized carbons (Fsp3) is 0.600. The molecule has 0 saturated carbocycles. The lowest BCUT2D eigenvalue weighted by molar-refractivity contribution is -0.146. The molecule has 1 unspecified atom stereocenters. The molecule has 26 heavy (non-hydrogen) atoms. The standard InChI is InChI=1S/C20H31N3O3/c1-5-21-20(23-12-10-17(11-13-23)19(24)25-4)22-14-16(3)26-18-8-6-15(2)7-9-18/h6-9,16-17H,5,10-14H2,1-4H3,(H,21,22). The number of hydrogen-bond acceptors (Lipinski definition) is 4. The highest BCUT2D eigenvalue weighted by molar-refractivity contribution is 5.80. The molecule has 6 heteroatoms. The zero-order chi connectivity index (χ0) is 18.9. The summed E-state index contributed by atoms with van der Waals surface area (Å²) in [4.78, 5) is 18.6. The number of esters is 1. The predicted molar refractivity (Wildman–Crippen MR) is 104 cm³/mol. The van der Waals surface area contributed by atoms with Crippen molar-refractivity contribution in [2.75, 3.05) is 33.3 Å². The molecule has 1 aliphatic rings. The molecule has 1 saturated heterocycles. The van der Waals surface area contributed by atoms with E-state index in [1.165, 1.54) is 12.7 Å². The van der Waals surface area contributed by atoms with E-state index >= 15 is 0 Å². The maximum Gasteiger partial charge on any atom is 0.308 e. The third kappa shape index (κ3) is 5.93. The second-order valence-corrected chi connectivity index (χ2v) is 6.72. The van der Waals surface area contributed by atoms with Crippen LogP contribution < -0.4 is 10.1 Å². The van der Waals surface area contributed by atoms with E-state index in [0.29, 0.717) is 6.54 Å². The summed E-state index contributed by atoms with van der Waals surface area (Å²) in [6, 6.07) is 8.05. The maximum atomic E-state index is 11.7. The minimum Gasteiger partial charge on any atom is -0.489 e. The van der Waals surface area contributed by atoms with E-state index in [-0.39, 0.29) is 18.0 Å². The highest BCUT2D eigenvalue weighted by Gasteiger charge is 2.27. The number of piperidine rings is 1. The summed E-state index contributed by atoms with van der Waals surface area (Å²) in [6.07, 6.45) is 1.58. The summed E-state index contributed by atoms with van der Waals surface area (Å²) in [5, 5.41) is 3.34. The van der Waals surface area contributed by atoms with Crippen molar-refractivity contribution in [1.29, 1.82) is 0 Å². The Bertz CT molecular complexity index is 593. The second kappa shape index (κ2) is 10.0. The van der Waals surface area contributed by atoms with Gasteiger partial charge in [-0.1, -0.05) is 17.7 Å². The second-order valence-electron chi connectivity index (χ2n) is 6.72. The Morgan fingerprint density at radius 2 is 1.96 bits per heavy atom. The molecule has 0 aliphatic carbocycles. The van der Waals surface area contributed by atoms with E-state index in [1.807, 2.05) is 31.2 Å².